The molecule has 0 saturated carbocycles. The highest BCUT2D eigenvalue weighted by atomic mass is 32.2. The molecule has 0 spiro atoms. The van der Waals surface area contributed by atoms with E-state index in [-0.39, 0.29) is 0 Å². The first-order chi connectivity index (χ1) is 11.4. The van der Waals surface area contributed by atoms with E-state index in [4.69, 9.17) is 0 Å². The SMILES string of the molecule is CCCCCC(C)NC(=NC)NCc1ccccc1NS(C)(=O)=O. The van der Waals surface area contributed by atoms with Crippen LogP contribution in [-0.4, -0.2) is 33.7 Å². The van der Waals surface area contributed by atoms with E-state index >= 15 is 0 Å². The lowest BCUT2D eigenvalue weighted by Crippen LogP contribution is -2.41. The largest absolute Gasteiger partial charge is 0.354 e. The van der Waals surface area contributed by atoms with E-state index in [1.54, 1.807) is 19.2 Å². The highest BCUT2D eigenvalue weighted by Crippen LogP contribution is 2.15. The Balaban J connectivity index is 2.60. The second-order valence-corrected chi connectivity index (χ2v) is 7.75. The van der Waals surface area contributed by atoms with Crippen molar-refractivity contribution in [3.05, 3.63) is 29.8 Å². The Labute approximate surface area is 146 Å². The molecule has 136 valence electrons. The van der Waals surface area contributed by atoms with Gasteiger partial charge in [-0.1, -0.05) is 44.4 Å². The molecule has 0 amide bonds. The summed E-state index contributed by atoms with van der Waals surface area (Å²) in [7, 11) is -1.57. The highest BCUT2D eigenvalue weighted by Gasteiger charge is 2.09. The monoisotopic (exact) mass is 354 g/mol. The van der Waals surface area contributed by atoms with Crippen LogP contribution in [0.5, 0.6) is 0 Å². The van der Waals surface area contributed by atoms with Gasteiger partial charge in [0.05, 0.1) is 11.9 Å². The first-order valence-corrected chi connectivity index (χ1v) is 10.3. The zero-order valence-electron chi connectivity index (χ0n) is 15.1. The second-order valence-electron chi connectivity index (χ2n) is 6.00. The van der Waals surface area contributed by atoms with E-state index in [1.165, 1.54) is 19.3 Å². The highest BCUT2D eigenvalue weighted by molar-refractivity contribution is 7.92. The van der Waals surface area contributed by atoms with E-state index in [1.807, 2.05) is 12.1 Å². The number of guanidine groups is 1. The van der Waals surface area contributed by atoms with Crippen molar-refractivity contribution in [2.45, 2.75) is 52.1 Å². The standard InChI is InChI=1S/C17H30N4O2S/c1-5-6-7-10-14(2)20-17(18-3)19-13-15-11-8-9-12-16(15)21-24(4,22)23/h8-9,11-12,14,21H,5-7,10,13H2,1-4H3,(H2,18,19,20). The molecule has 24 heavy (non-hydrogen) atoms. The number of nitrogens with one attached hydrogen (secondary N) is 3. The number of anilines is 1. The number of rotatable bonds is 9. The van der Waals surface area contributed by atoms with Gasteiger partial charge in [-0.05, 0) is 25.0 Å². The molecule has 1 unspecified atom stereocenters. The summed E-state index contributed by atoms with van der Waals surface area (Å²) in [6.07, 6.45) is 5.89. The van der Waals surface area contributed by atoms with Crippen LogP contribution in [0.2, 0.25) is 0 Å². The Morgan fingerprint density at radius 1 is 1.25 bits per heavy atom. The molecule has 1 aromatic carbocycles. The fourth-order valence-electron chi connectivity index (χ4n) is 2.35. The number of hydrogen-bond acceptors (Lipinski definition) is 3. The molecule has 0 heterocycles. The van der Waals surface area contributed by atoms with Crippen LogP contribution in [-0.2, 0) is 16.6 Å². The summed E-state index contributed by atoms with van der Waals surface area (Å²) in [6.45, 7) is 4.82. The average Bonchev–Trinajstić information content (AvgIpc) is 2.51. The minimum absolute atomic E-state index is 0.340. The van der Waals surface area contributed by atoms with Crippen LogP contribution in [0.1, 0.15) is 45.1 Å². The number of para-hydroxylation sites is 1. The number of benzene rings is 1. The van der Waals surface area contributed by atoms with Gasteiger partial charge < -0.3 is 10.6 Å². The van der Waals surface area contributed by atoms with Crippen LogP contribution < -0.4 is 15.4 Å². The Morgan fingerprint density at radius 2 is 1.96 bits per heavy atom. The fraction of sp³-hybridized carbons (Fsp3) is 0.588. The van der Waals surface area contributed by atoms with Crippen molar-refractivity contribution in [3.63, 3.8) is 0 Å². The number of sulfonamides is 1. The maximum absolute atomic E-state index is 11.5. The minimum Gasteiger partial charge on any atom is -0.354 e. The molecule has 0 radical (unpaired) electrons. The molecular formula is C17H30N4O2S. The molecule has 0 bridgehead atoms. The molecule has 0 aliphatic rings. The second kappa shape index (κ2) is 10.2. The zero-order chi connectivity index (χ0) is 18.0. The lowest BCUT2D eigenvalue weighted by molar-refractivity contribution is 0.547. The van der Waals surface area contributed by atoms with Crippen molar-refractivity contribution < 1.29 is 8.42 Å². The van der Waals surface area contributed by atoms with Gasteiger partial charge in [-0.25, -0.2) is 8.42 Å². The molecule has 7 heteroatoms. The van der Waals surface area contributed by atoms with Crippen LogP contribution in [0.25, 0.3) is 0 Å². The van der Waals surface area contributed by atoms with Crippen LogP contribution in [0, 0.1) is 0 Å². The molecule has 0 aliphatic carbocycles. The molecule has 0 fully saturated rings. The Hall–Kier alpha value is -1.76. The number of aliphatic imine (C=N–C) groups is 1. The first-order valence-electron chi connectivity index (χ1n) is 8.38. The van der Waals surface area contributed by atoms with Gasteiger partial charge in [-0.15, -0.1) is 0 Å². The number of nitrogens with zero attached hydrogens (tertiary/aromatic N) is 1. The minimum atomic E-state index is -3.30. The third kappa shape index (κ3) is 8.19. The topological polar surface area (TPSA) is 82.6 Å². The summed E-state index contributed by atoms with van der Waals surface area (Å²) in [6, 6.07) is 7.67. The van der Waals surface area contributed by atoms with Crippen LogP contribution in [0.15, 0.2) is 29.3 Å². The summed E-state index contributed by atoms with van der Waals surface area (Å²) >= 11 is 0. The van der Waals surface area contributed by atoms with E-state index in [2.05, 4.69) is 34.2 Å². The van der Waals surface area contributed by atoms with E-state index in [0.717, 1.165) is 18.2 Å². The summed E-state index contributed by atoms with van der Waals surface area (Å²) in [5, 5.41) is 6.60. The molecule has 0 aromatic heterocycles. The Morgan fingerprint density at radius 3 is 2.58 bits per heavy atom. The number of hydrogen-bond donors (Lipinski definition) is 3. The van der Waals surface area contributed by atoms with Gasteiger partial charge in [-0.3, -0.25) is 9.71 Å². The third-order valence-electron chi connectivity index (χ3n) is 3.61. The lowest BCUT2D eigenvalue weighted by atomic mass is 10.1. The lowest BCUT2D eigenvalue weighted by Gasteiger charge is -2.18. The normalized spacial score (nSPS) is 13.4. The van der Waals surface area contributed by atoms with Crippen molar-refractivity contribution in [1.29, 1.82) is 0 Å². The van der Waals surface area contributed by atoms with Crippen molar-refractivity contribution >= 4 is 21.7 Å². The summed E-state index contributed by atoms with van der Waals surface area (Å²) in [5.41, 5.74) is 1.45. The van der Waals surface area contributed by atoms with Crippen molar-refractivity contribution in [2.75, 3.05) is 18.0 Å². The van der Waals surface area contributed by atoms with Crippen molar-refractivity contribution in [2.24, 2.45) is 4.99 Å². The summed E-state index contributed by atoms with van der Waals surface area (Å²) < 4.78 is 25.4. The third-order valence-corrected chi connectivity index (χ3v) is 4.20. The van der Waals surface area contributed by atoms with Crippen LogP contribution >= 0.6 is 0 Å². The van der Waals surface area contributed by atoms with Gasteiger partial charge >= 0.3 is 0 Å². The summed E-state index contributed by atoms with van der Waals surface area (Å²) in [5.74, 6) is 0.716. The molecule has 1 atom stereocenters. The molecule has 0 aliphatic heterocycles. The van der Waals surface area contributed by atoms with Gasteiger partial charge in [0.15, 0.2) is 5.96 Å². The van der Waals surface area contributed by atoms with E-state index in [0.29, 0.717) is 24.2 Å². The van der Waals surface area contributed by atoms with Gasteiger partial charge in [0, 0.05) is 19.6 Å². The fourth-order valence-corrected chi connectivity index (χ4v) is 2.95. The molecule has 1 aromatic rings. The predicted octanol–water partition coefficient (Wildman–Crippen LogP) is 2.69. The Bertz CT molecular complexity index is 629. The smallest absolute Gasteiger partial charge is 0.229 e. The van der Waals surface area contributed by atoms with Crippen LogP contribution in [0.4, 0.5) is 5.69 Å². The molecule has 6 nitrogen and oxygen atoms in total. The summed E-state index contributed by atoms with van der Waals surface area (Å²) in [4.78, 5) is 4.23. The van der Waals surface area contributed by atoms with Crippen molar-refractivity contribution in [1.82, 2.24) is 10.6 Å². The maximum Gasteiger partial charge on any atom is 0.229 e. The average molecular weight is 355 g/mol. The van der Waals surface area contributed by atoms with E-state index < -0.39 is 10.0 Å². The van der Waals surface area contributed by atoms with Gasteiger partial charge in [0.1, 0.15) is 0 Å². The molecule has 3 N–H and O–H groups in total. The van der Waals surface area contributed by atoms with Gasteiger partial charge in [0.25, 0.3) is 0 Å². The molecule has 1 rings (SSSR count). The predicted molar refractivity (Wildman–Crippen MR) is 102 cm³/mol. The van der Waals surface area contributed by atoms with Crippen molar-refractivity contribution in [3.8, 4) is 0 Å². The zero-order valence-corrected chi connectivity index (χ0v) is 15.9. The van der Waals surface area contributed by atoms with Gasteiger partial charge in [-0.2, -0.15) is 0 Å². The Kier molecular flexibility index (Phi) is 8.60. The first kappa shape index (κ1) is 20.3. The molecule has 0 saturated heterocycles. The van der Waals surface area contributed by atoms with Crippen LogP contribution in [0.3, 0.4) is 0 Å². The molecular weight excluding hydrogens is 324 g/mol. The van der Waals surface area contributed by atoms with E-state index in [9.17, 15) is 8.42 Å². The maximum atomic E-state index is 11.5. The number of unbranched alkanes of at least 4 members (excludes halogenated alkanes) is 2. The van der Waals surface area contributed by atoms with Gasteiger partial charge in [0.2, 0.25) is 10.0 Å². The quantitative estimate of drug-likeness (QED) is 0.362.